The number of rotatable bonds is 7. The molecular weight excluding hydrogens is 362 g/mol. The van der Waals surface area contributed by atoms with Gasteiger partial charge >= 0.3 is 0 Å². The van der Waals surface area contributed by atoms with E-state index in [0.29, 0.717) is 11.4 Å². The van der Waals surface area contributed by atoms with Crippen molar-refractivity contribution in [3.63, 3.8) is 0 Å². The number of carbonyl (C=O) groups excluding carboxylic acids is 1. The van der Waals surface area contributed by atoms with Crippen LogP contribution >= 0.6 is 22.7 Å². The monoisotopic (exact) mass is 385 g/mol. The molecule has 3 rings (SSSR count). The van der Waals surface area contributed by atoms with Crippen LogP contribution in [-0.4, -0.2) is 36.4 Å². The molecule has 0 spiro atoms. The summed E-state index contributed by atoms with van der Waals surface area (Å²) < 4.78 is 0. The highest BCUT2D eigenvalue weighted by Crippen LogP contribution is 2.24. The molecule has 1 aromatic carbocycles. The van der Waals surface area contributed by atoms with Crippen LogP contribution in [-0.2, 0) is 6.42 Å². The number of aryl methyl sites for hydroxylation is 1. The Morgan fingerprint density at radius 1 is 1.19 bits per heavy atom. The number of carbonyl (C=O) groups is 1. The van der Waals surface area contributed by atoms with Crippen molar-refractivity contribution in [3.05, 3.63) is 73.9 Å². The van der Waals surface area contributed by atoms with Gasteiger partial charge in [-0.15, -0.1) is 22.7 Å². The van der Waals surface area contributed by atoms with Gasteiger partial charge in [-0.25, -0.2) is 4.98 Å². The van der Waals surface area contributed by atoms with E-state index in [4.69, 9.17) is 0 Å². The number of benzene rings is 1. The van der Waals surface area contributed by atoms with E-state index < -0.39 is 0 Å². The Morgan fingerprint density at radius 3 is 2.62 bits per heavy atom. The Labute approximate surface area is 162 Å². The third kappa shape index (κ3) is 4.58. The van der Waals surface area contributed by atoms with Crippen LogP contribution in [0.1, 0.15) is 36.9 Å². The topological polar surface area (TPSA) is 45.2 Å². The Balaban J connectivity index is 1.66. The van der Waals surface area contributed by atoms with Crippen molar-refractivity contribution in [2.24, 2.45) is 0 Å². The lowest BCUT2D eigenvalue weighted by atomic mass is 10.2. The minimum atomic E-state index is -0.0392. The lowest BCUT2D eigenvalue weighted by molar-refractivity contribution is 0.0945. The van der Waals surface area contributed by atoms with Gasteiger partial charge in [-0.3, -0.25) is 4.79 Å². The van der Waals surface area contributed by atoms with Gasteiger partial charge in [-0.1, -0.05) is 36.4 Å². The van der Waals surface area contributed by atoms with Crippen molar-refractivity contribution in [3.8, 4) is 0 Å². The van der Waals surface area contributed by atoms with Gasteiger partial charge in [-0.05, 0) is 38.0 Å². The molecule has 2 heterocycles. The summed E-state index contributed by atoms with van der Waals surface area (Å²) in [4.78, 5) is 21.4. The molecule has 136 valence electrons. The third-order valence-corrected chi connectivity index (χ3v) is 6.33. The molecule has 2 aromatic heterocycles. The maximum Gasteiger partial charge on any atom is 0.263 e. The molecule has 1 amide bonds. The van der Waals surface area contributed by atoms with Crippen molar-refractivity contribution >= 4 is 28.6 Å². The molecule has 6 heteroatoms. The Hall–Kier alpha value is -2.02. The largest absolute Gasteiger partial charge is 0.349 e. The summed E-state index contributed by atoms with van der Waals surface area (Å²) in [6.07, 6.45) is 0.759. The van der Waals surface area contributed by atoms with Crippen LogP contribution in [0.2, 0.25) is 0 Å². The summed E-state index contributed by atoms with van der Waals surface area (Å²) in [6.45, 7) is 2.49. The average Bonchev–Trinajstić information content (AvgIpc) is 3.25. The fourth-order valence-electron chi connectivity index (χ4n) is 2.80. The van der Waals surface area contributed by atoms with E-state index >= 15 is 0 Å². The molecule has 1 unspecified atom stereocenters. The minimum Gasteiger partial charge on any atom is -0.349 e. The number of aromatic nitrogens is 1. The lowest BCUT2D eigenvalue weighted by Gasteiger charge is -2.23. The van der Waals surface area contributed by atoms with E-state index in [1.165, 1.54) is 21.8 Å². The minimum absolute atomic E-state index is 0.0392. The smallest absolute Gasteiger partial charge is 0.263 e. The molecule has 0 aliphatic carbocycles. The number of hydrogen-bond donors (Lipinski definition) is 1. The predicted octanol–water partition coefficient (Wildman–Crippen LogP) is 4.14. The summed E-state index contributed by atoms with van der Waals surface area (Å²) in [5.41, 5.74) is 2.01. The van der Waals surface area contributed by atoms with Gasteiger partial charge in [0.2, 0.25) is 0 Å². The number of hydrogen-bond acceptors (Lipinski definition) is 5. The number of likely N-dealkylation sites (N-methyl/N-ethyl adjacent to an activating group) is 1. The fraction of sp³-hybridized carbons (Fsp3) is 0.300. The molecule has 0 fully saturated rings. The van der Waals surface area contributed by atoms with E-state index in [2.05, 4.69) is 38.8 Å². The molecule has 0 bridgehead atoms. The van der Waals surface area contributed by atoms with Crippen LogP contribution in [0, 0.1) is 6.92 Å². The zero-order valence-corrected chi connectivity index (χ0v) is 16.9. The second-order valence-corrected chi connectivity index (χ2v) is 8.45. The molecule has 4 nitrogen and oxygen atoms in total. The van der Waals surface area contributed by atoms with Gasteiger partial charge in [0.15, 0.2) is 0 Å². The lowest BCUT2D eigenvalue weighted by Crippen LogP contribution is -2.34. The maximum absolute atomic E-state index is 12.7. The van der Waals surface area contributed by atoms with Crippen molar-refractivity contribution in [2.45, 2.75) is 19.4 Å². The molecule has 3 aromatic rings. The fourth-order valence-corrected chi connectivity index (χ4v) is 4.74. The van der Waals surface area contributed by atoms with Crippen LogP contribution in [0.15, 0.2) is 47.8 Å². The predicted molar refractivity (Wildman–Crippen MR) is 109 cm³/mol. The summed E-state index contributed by atoms with van der Waals surface area (Å²) >= 11 is 3.20. The molecule has 1 N–H and O–H groups in total. The number of amides is 1. The molecule has 0 saturated carbocycles. The number of thiazole rings is 1. The molecule has 0 radical (unpaired) electrons. The van der Waals surface area contributed by atoms with Crippen molar-refractivity contribution in [1.29, 1.82) is 0 Å². The summed E-state index contributed by atoms with van der Waals surface area (Å²) in [7, 11) is 4.07. The van der Waals surface area contributed by atoms with Gasteiger partial charge < -0.3 is 10.2 Å². The van der Waals surface area contributed by atoms with Crippen LogP contribution < -0.4 is 5.32 Å². The zero-order chi connectivity index (χ0) is 18.5. The average molecular weight is 386 g/mol. The first kappa shape index (κ1) is 18.8. The second kappa shape index (κ2) is 8.58. The van der Waals surface area contributed by atoms with Gasteiger partial charge in [-0.2, -0.15) is 0 Å². The molecular formula is C20H23N3OS2. The molecule has 1 atom stereocenters. The third-order valence-electron chi connectivity index (χ3n) is 4.20. The number of thiophene rings is 1. The first-order valence-corrected chi connectivity index (χ1v) is 10.2. The quantitative estimate of drug-likeness (QED) is 0.665. The summed E-state index contributed by atoms with van der Waals surface area (Å²) in [5.74, 6) is -0.0392. The molecule has 26 heavy (non-hydrogen) atoms. The van der Waals surface area contributed by atoms with E-state index in [-0.39, 0.29) is 11.9 Å². The summed E-state index contributed by atoms with van der Waals surface area (Å²) in [5, 5.41) is 6.12. The number of nitrogens with zero attached hydrogens (tertiary/aromatic N) is 2. The SMILES string of the molecule is Cc1nc(Cc2ccccc2)sc1C(=O)NCC(c1cccs1)N(C)C. The van der Waals surface area contributed by atoms with Gasteiger partial charge in [0.1, 0.15) is 4.88 Å². The highest BCUT2D eigenvalue weighted by atomic mass is 32.1. The number of nitrogens with one attached hydrogen (secondary N) is 1. The highest BCUT2D eigenvalue weighted by molar-refractivity contribution is 7.13. The van der Waals surface area contributed by atoms with Crippen molar-refractivity contribution in [1.82, 2.24) is 15.2 Å². The second-order valence-electron chi connectivity index (χ2n) is 6.39. The Morgan fingerprint density at radius 2 is 1.96 bits per heavy atom. The van der Waals surface area contributed by atoms with E-state index in [9.17, 15) is 4.79 Å². The normalized spacial score (nSPS) is 12.3. The van der Waals surface area contributed by atoms with Crippen LogP contribution in [0.4, 0.5) is 0 Å². The van der Waals surface area contributed by atoms with Crippen LogP contribution in [0.5, 0.6) is 0 Å². The van der Waals surface area contributed by atoms with Crippen LogP contribution in [0.3, 0.4) is 0 Å². The van der Waals surface area contributed by atoms with Crippen molar-refractivity contribution < 1.29 is 4.79 Å². The van der Waals surface area contributed by atoms with Crippen molar-refractivity contribution in [2.75, 3.05) is 20.6 Å². The maximum atomic E-state index is 12.7. The molecule has 0 aliphatic heterocycles. The molecule has 0 saturated heterocycles. The van der Waals surface area contributed by atoms with E-state index in [0.717, 1.165) is 17.1 Å². The first-order valence-electron chi connectivity index (χ1n) is 8.53. The standard InChI is InChI=1S/C20H23N3OS2/c1-14-19(26-18(22-14)12-15-8-5-4-6-9-15)20(24)21-13-16(23(2)3)17-10-7-11-25-17/h4-11,16H,12-13H2,1-3H3,(H,21,24). The van der Waals surface area contributed by atoms with Gasteiger partial charge in [0.25, 0.3) is 5.91 Å². The van der Waals surface area contributed by atoms with Gasteiger partial charge in [0, 0.05) is 17.8 Å². The van der Waals surface area contributed by atoms with Gasteiger partial charge in [0.05, 0.1) is 16.7 Å². The van der Waals surface area contributed by atoms with Crippen LogP contribution in [0.25, 0.3) is 0 Å². The van der Waals surface area contributed by atoms with E-state index in [1.54, 1.807) is 11.3 Å². The first-order chi connectivity index (χ1) is 12.5. The Kier molecular flexibility index (Phi) is 6.19. The zero-order valence-electron chi connectivity index (χ0n) is 15.2. The molecule has 0 aliphatic rings. The summed E-state index contributed by atoms with van der Waals surface area (Å²) in [6, 6.07) is 14.5. The highest BCUT2D eigenvalue weighted by Gasteiger charge is 2.19. The Bertz CT molecular complexity index is 841. The van der Waals surface area contributed by atoms with E-state index in [1.807, 2.05) is 45.3 Å².